The van der Waals surface area contributed by atoms with Crippen molar-refractivity contribution in [3.63, 3.8) is 0 Å². The van der Waals surface area contributed by atoms with Crippen molar-refractivity contribution in [1.29, 1.82) is 5.26 Å². The number of aryl methyl sites for hydroxylation is 1. The molecule has 0 aliphatic rings. The van der Waals surface area contributed by atoms with Crippen molar-refractivity contribution in [2.75, 3.05) is 0 Å². The van der Waals surface area contributed by atoms with E-state index in [4.69, 9.17) is 9.47 Å². The van der Waals surface area contributed by atoms with Crippen molar-refractivity contribution in [2.45, 2.75) is 37.4 Å². The Labute approximate surface area is 226 Å². The highest BCUT2D eigenvalue weighted by molar-refractivity contribution is 7.90. The van der Waals surface area contributed by atoms with Gasteiger partial charge in [-0.15, -0.1) is 0 Å². The van der Waals surface area contributed by atoms with Gasteiger partial charge in [0.05, 0.1) is 10.5 Å². The first-order valence-electron chi connectivity index (χ1n) is 11.9. The minimum atomic E-state index is -3.98. The van der Waals surface area contributed by atoms with Gasteiger partial charge in [0.25, 0.3) is 10.0 Å². The van der Waals surface area contributed by atoms with Crippen LogP contribution in [0, 0.1) is 18.3 Å². The zero-order valence-corrected chi connectivity index (χ0v) is 22.3. The minimum absolute atomic E-state index is 0.0120. The van der Waals surface area contributed by atoms with Crippen molar-refractivity contribution in [2.24, 2.45) is 0 Å². The lowest BCUT2D eigenvalue weighted by molar-refractivity contribution is -0.119. The summed E-state index contributed by atoms with van der Waals surface area (Å²) in [6.45, 7) is 2.31. The van der Waals surface area contributed by atoms with Crippen LogP contribution in [0.2, 0.25) is 0 Å². The third-order valence-electron chi connectivity index (χ3n) is 5.80. The van der Waals surface area contributed by atoms with Crippen LogP contribution in [0.4, 0.5) is 0 Å². The van der Waals surface area contributed by atoms with E-state index in [0.29, 0.717) is 23.7 Å². The Hall–Kier alpha value is -4.13. The van der Waals surface area contributed by atoms with Gasteiger partial charge in [0.15, 0.2) is 0 Å². The summed E-state index contributed by atoms with van der Waals surface area (Å²) in [4.78, 5) is 12.7. The third kappa shape index (κ3) is 7.00. The van der Waals surface area contributed by atoms with Crippen molar-refractivity contribution in [3.8, 4) is 17.6 Å². The molecule has 7 nitrogen and oxygen atoms in total. The van der Waals surface area contributed by atoms with Gasteiger partial charge >= 0.3 is 0 Å². The molecule has 194 valence electrons. The Morgan fingerprint density at radius 2 is 1.82 bits per heavy atom. The Kier molecular flexibility index (Phi) is 8.79. The lowest BCUT2D eigenvalue weighted by Gasteiger charge is -2.22. The Morgan fingerprint density at radius 3 is 2.53 bits per heavy atom. The molecule has 0 spiro atoms. The predicted octanol–water partition coefficient (Wildman–Crippen LogP) is 5.91. The number of hydrogen-bond donors (Lipinski definition) is 1. The van der Waals surface area contributed by atoms with E-state index < -0.39 is 22.0 Å². The van der Waals surface area contributed by atoms with Crippen molar-refractivity contribution in [3.05, 3.63) is 112 Å². The van der Waals surface area contributed by atoms with Crippen LogP contribution in [-0.4, -0.2) is 14.3 Å². The molecule has 1 unspecified atom stereocenters. The van der Waals surface area contributed by atoms with Gasteiger partial charge in [-0.3, -0.25) is 4.79 Å². The maximum Gasteiger partial charge on any atom is 0.264 e. The molecule has 0 fully saturated rings. The largest absolute Gasteiger partial charge is 0.489 e. The highest BCUT2D eigenvalue weighted by Gasteiger charge is 2.22. The van der Waals surface area contributed by atoms with Crippen molar-refractivity contribution in [1.82, 2.24) is 4.72 Å². The predicted molar refractivity (Wildman–Crippen MR) is 145 cm³/mol. The number of amides is 1. The summed E-state index contributed by atoms with van der Waals surface area (Å²) in [6, 6.07) is 24.4. The Morgan fingerprint density at radius 1 is 1.05 bits per heavy atom. The number of nitrogens with zero attached hydrogens (tertiary/aromatic N) is 1. The number of nitriles is 1. The van der Waals surface area contributed by atoms with Gasteiger partial charge in [-0.2, -0.15) is 16.6 Å². The van der Waals surface area contributed by atoms with E-state index in [-0.39, 0.29) is 17.7 Å². The van der Waals surface area contributed by atoms with Crippen LogP contribution in [0.1, 0.15) is 41.2 Å². The molecule has 0 saturated heterocycles. The molecular weight excluding hydrogens is 520 g/mol. The highest BCUT2D eigenvalue weighted by Crippen LogP contribution is 2.33. The van der Waals surface area contributed by atoms with Crippen LogP contribution < -0.4 is 14.2 Å². The first-order valence-corrected chi connectivity index (χ1v) is 14.3. The fourth-order valence-corrected chi connectivity index (χ4v) is 5.51. The average Bonchev–Trinajstić information content (AvgIpc) is 3.44. The molecule has 4 rings (SSSR count). The molecule has 0 aliphatic heterocycles. The molecule has 1 aromatic heterocycles. The number of sulfonamides is 1. The van der Waals surface area contributed by atoms with Crippen molar-refractivity contribution < 1.29 is 22.7 Å². The lowest BCUT2D eigenvalue weighted by atomic mass is 9.99. The molecule has 1 heterocycles. The van der Waals surface area contributed by atoms with E-state index in [1.54, 1.807) is 47.7 Å². The quantitative estimate of drug-likeness (QED) is 0.251. The molecule has 9 heteroatoms. The van der Waals surface area contributed by atoms with E-state index in [9.17, 15) is 18.5 Å². The first-order chi connectivity index (χ1) is 18.4. The summed E-state index contributed by atoms with van der Waals surface area (Å²) in [5.41, 5.74) is 3.14. The summed E-state index contributed by atoms with van der Waals surface area (Å²) < 4.78 is 39.4. The first kappa shape index (κ1) is 26.9. The van der Waals surface area contributed by atoms with E-state index in [1.807, 2.05) is 48.0 Å². The van der Waals surface area contributed by atoms with Crippen LogP contribution in [0.5, 0.6) is 11.5 Å². The number of thiophene rings is 1. The average molecular weight is 547 g/mol. The number of carbonyl (C=O) groups excluding carboxylic acids is 1. The normalized spacial score (nSPS) is 11.8. The number of nitrogens with one attached hydrogen (secondary N) is 1. The molecule has 1 N–H and O–H groups in total. The van der Waals surface area contributed by atoms with Crippen LogP contribution >= 0.6 is 11.3 Å². The molecule has 0 aliphatic carbocycles. The van der Waals surface area contributed by atoms with Gasteiger partial charge in [0, 0.05) is 12.5 Å². The molecule has 0 bridgehead atoms. The van der Waals surface area contributed by atoms with E-state index >= 15 is 0 Å². The van der Waals surface area contributed by atoms with Gasteiger partial charge in [-0.05, 0) is 71.1 Å². The second-order valence-corrected chi connectivity index (χ2v) is 11.0. The SMILES string of the molecule is Cc1ccccc1C(CCC(=O)NS(=O)(=O)c1ccccc1)Oc1cc(OCc2ccsc2)ccc1C#N. The zero-order chi connectivity index (χ0) is 27.0. The lowest BCUT2D eigenvalue weighted by Crippen LogP contribution is -2.30. The summed E-state index contributed by atoms with van der Waals surface area (Å²) in [5.74, 6) is 0.214. The van der Waals surface area contributed by atoms with E-state index in [1.165, 1.54) is 12.1 Å². The number of ether oxygens (including phenoxy) is 2. The molecule has 1 atom stereocenters. The van der Waals surface area contributed by atoms with Gasteiger partial charge in [-0.25, -0.2) is 13.1 Å². The van der Waals surface area contributed by atoms with Crippen LogP contribution in [0.3, 0.4) is 0 Å². The van der Waals surface area contributed by atoms with E-state index in [0.717, 1.165) is 16.7 Å². The van der Waals surface area contributed by atoms with Crippen LogP contribution in [0.15, 0.2) is 94.5 Å². The Bertz CT molecular complexity index is 1530. The molecule has 1 amide bonds. The van der Waals surface area contributed by atoms with Gasteiger partial charge in [0.1, 0.15) is 30.3 Å². The second kappa shape index (κ2) is 12.4. The summed E-state index contributed by atoms with van der Waals surface area (Å²) in [6.07, 6.45) is -0.534. The van der Waals surface area contributed by atoms with Crippen LogP contribution in [0.25, 0.3) is 0 Å². The summed E-state index contributed by atoms with van der Waals surface area (Å²) in [5, 5.41) is 13.7. The monoisotopic (exact) mass is 546 g/mol. The summed E-state index contributed by atoms with van der Waals surface area (Å²) >= 11 is 1.58. The molecular formula is C29H26N2O5S2. The number of benzene rings is 3. The van der Waals surface area contributed by atoms with E-state index in [2.05, 4.69) is 10.8 Å². The molecule has 38 heavy (non-hydrogen) atoms. The fraction of sp³-hybridized carbons (Fsp3) is 0.172. The van der Waals surface area contributed by atoms with Gasteiger partial charge < -0.3 is 9.47 Å². The molecule has 3 aromatic carbocycles. The number of carbonyl (C=O) groups is 1. The van der Waals surface area contributed by atoms with Crippen LogP contribution in [-0.2, 0) is 21.4 Å². The molecule has 4 aromatic rings. The topological polar surface area (TPSA) is 105 Å². The fourth-order valence-electron chi connectivity index (χ4n) is 3.82. The second-order valence-electron chi connectivity index (χ2n) is 8.53. The Balaban J connectivity index is 1.52. The highest BCUT2D eigenvalue weighted by atomic mass is 32.2. The van der Waals surface area contributed by atoms with Gasteiger partial charge in [0.2, 0.25) is 5.91 Å². The molecule has 0 saturated carbocycles. The van der Waals surface area contributed by atoms with Crippen molar-refractivity contribution >= 4 is 27.3 Å². The summed E-state index contributed by atoms with van der Waals surface area (Å²) in [7, 11) is -3.98. The maximum absolute atomic E-state index is 12.7. The number of hydrogen-bond acceptors (Lipinski definition) is 7. The maximum atomic E-state index is 12.7. The van der Waals surface area contributed by atoms with Gasteiger partial charge in [-0.1, -0.05) is 42.5 Å². The minimum Gasteiger partial charge on any atom is -0.489 e. The number of rotatable bonds is 11. The smallest absolute Gasteiger partial charge is 0.264 e. The molecule has 0 radical (unpaired) electrons. The third-order valence-corrected chi connectivity index (χ3v) is 7.92. The zero-order valence-electron chi connectivity index (χ0n) is 20.7. The standard InChI is InChI=1S/C29H26N2O5S2/c1-21-7-5-6-10-26(21)27(13-14-29(32)31-38(33,34)25-8-3-2-4-9-25)36-28-17-24(12-11-23(28)18-30)35-19-22-15-16-37-20-22/h2-12,15-17,20,27H,13-14,19H2,1H3,(H,31,32).